The summed E-state index contributed by atoms with van der Waals surface area (Å²) in [6, 6.07) is 12.3. The summed E-state index contributed by atoms with van der Waals surface area (Å²) in [4.78, 5) is 18.9. The van der Waals surface area contributed by atoms with Gasteiger partial charge in [-0.3, -0.25) is 10.2 Å². The summed E-state index contributed by atoms with van der Waals surface area (Å²) in [6.07, 6.45) is 5.89. The van der Waals surface area contributed by atoms with Crippen molar-refractivity contribution >= 4 is 23.6 Å². The monoisotopic (exact) mass is 467 g/mol. The highest BCUT2D eigenvalue weighted by Crippen LogP contribution is 2.25. The first-order valence-electron chi connectivity index (χ1n) is 12.5. The lowest BCUT2D eigenvalue weighted by molar-refractivity contribution is -0.121. The van der Waals surface area contributed by atoms with E-state index >= 15 is 0 Å². The molecule has 186 valence electrons. The van der Waals surface area contributed by atoms with Crippen molar-refractivity contribution in [2.24, 2.45) is 5.10 Å². The van der Waals surface area contributed by atoms with Crippen molar-refractivity contribution in [3.63, 3.8) is 0 Å². The van der Waals surface area contributed by atoms with Crippen molar-refractivity contribution in [3.05, 3.63) is 47.5 Å². The van der Waals surface area contributed by atoms with Gasteiger partial charge in [-0.2, -0.15) is 10.1 Å². The minimum atomic E-state index is 0.0598. The highest BCUT2D eigenvalue weighted by Gasteiger charge is 2.11. The summed E-state index contributed by atoms with van der Waals surface area (Å²) < 4.78 is 5.95. The number of nitrogens with zero attached hydrogens (tertiary/aromatic N) is 3. The van der Waals surface area contributed by atoms with Crippen LogP contribution >= 0.6 is 0 Å². The highest BCUT2D eigenvalue weighted by molar-refractivity contribution is 5.80. The minimum Gasteiger partial charge on any atom is -0.478 e. The van der Waals surface area contributed by atoms with Crippen LogP contribution in [-0.4, -0.2) is 42.8 Å². The van der Waals surface area contributed by atoms with E-state index in [-0.39, 0.29) is 11.9 Å². The molecule has 1 atom stereocenters. The van der Waals surface area contributed by atoms with Crippen LogP contribution in [0.4, 0.5) is 11.5 Å². The third-order valence-corrected chi connectivity index (χ3v) is 5.39. The van der Waals surface area contributed by atoms with E-state index in [2.05, 4.69) is 65.6 Å². The highest BCUT2D eigenvalue weighted by atomic mass is 16.5. The predicted molar refractivity (Wildman–Crippen MR) is 142 cm³/mol. The molecule has 2 N–H and O–H groups in total. The molecular weight excluding hydrogens is 426 g/mol. The molecule has 1 heterocycles. The molecule has 0 spiro atoms. The summed E-state index contributed by atoms with van der Waals surface area (Å²) in [5.41, 5.74) is 6.32. The van der Waals surface area contributed by atoms with Gasteiger partial charge in [0.05, 0.1) is 12.8 Å². The Hall–Kier alpha value is -3.09. The Balaban J connectivity index is 2.08. The van der Waals surface area contributed by atoms with Crippen molar-refractivity contribution < 1.29 is 9.53 Å². The molecule has 0 bridgehead atoms. The number of anilines is 2. The maximum absolute atomic E-state index is 12.0. The van der Waals surface area contributed by atoms with Crippen LogP contribution in [0.3, 0.4) is 0 Å². The van der Waals surface area contributed by atoms with Crippen LogP contribution in [0.1, 0.15) is 70.9 Å². The molecule has 0 aliphatic carbocycles. The molecule has 7 nitrogen and oxygen atoms in total. The van der Waals surface area contributed by atoms with Gasteiger partial charge in [-0.25, -0.2) is 0 Å². The van der Waals surface area contributed by atoms with E-state index in [1.807, 2.05) is 31.2 Å². The van der Waals surface area contributed by atoms with Gasteiger partial charge < -0.3 is 15.0 Å². The van der Waals surface area contributed by atoms with Gasteiger partial charge in [-0.15, -0.1) is 0 Å². The number of carbonyl (C=O) groups is 1. The van der Waals surface area contributed by atoms with Crippen molar-refractivity contribution in [2.45, 2.75) is 72.8 Å². The minimum absolute atomic E-state index is 0.0598. The van der Waals surface area contributed by atoms with Gasteiger partial charge in [-0.1, -0.05) is 50.6 Å². The molecule has 0 aliphatic heterocycles. The second kappa shape index (κ2) is 14.9. The normalized spacial score (nSPS) is 11.9. The molecule has 1 amide bonds. The second-order valence-electron chi connectivity index (χ2n) is 8.65. The quantitative estimate of drug-likeness (QED) is 0.204. The molecule has 1 aromatic heterocycles. The smallest absolute Gasteiger partial charge is 0.220 e. The fourth-order valence-electron chi connectivity index (χ4n) is 3.50. The Labute approximate surface area is 205 Å². The fourth-order valence-corrected chi connectivity index (χ4v) is 3.50. The van der Waals surface area contributed by atoms with E-state index in [0.29, 0.717) is 31.1 Å². The van der Waals surface area contributed by atoms with Crippen LogP contribution in [0.15, 0.2) is 41.5 Å². The molecular formula is C27H41N5O2. The number of aryl methyl sites for hydroxylation is 1. The van der Waals surface area contributed by atoms with Gasteiger partial charge in [0.2, 0.25) is 11.8 Å². The number of carbonyl (C=O) groups excluding carboxylic acids is 1. The van der Waals surface area contributed by atoms with E-state index in [9.17, 15) is 4.79 Å². The second-order valence-corrected chi connectivity index (χ2v) is 8.65. The van der Waals surface area contributed by atoms with Crippen molar-refractivity contribution in [3.8, 4) is 5.88 Å². The number of aromatic nitrogens is 1. The predicted octanol–water partition coefficient (Wildman–Crippen LogP) is 5.54. The van der Waals surface area contributed by atoms with Crippen molar-refractivity contribution in [1.29, 1.82) is 0 Å². The van der Waals surface area contributed by atoms with E-state index < -0.39 is 0 Å². The van der Waals surface area contributed by atoms with E-state index in [4.69, 9.17) is 4.74 Å². The van der Waals surface area contributed by atoms with Gasteiger partial charge in [0, 0.05) is 43.4 Å². The maximum atomic E-state index is 12.0. The molecule has 0 fully saturated rings. The van der Waals surface area contributed by atoms with Crippen LogP contribution in [0, 0.1) is 6.92 Å². The number of amides is 1. The van der Waals surface area contributed by atoms with Crippen LogP contribution in [0.5, 0.6) is 5.88 Å². The van der Waals surface area contributed by atoms with Gasteiger partial charge in [0.15, 0.2) is 5.82 Å². The molecule has 7 heteroatoms. The molecule has 0 saturated carbocycles. The largest absolute Gasteiger partial charge is 0.478 e. The number of nitrogens with one attached hydrogen (secondary N) is 2. The SMILES string of the molecule is CCCN(CCC)c1cc(N/N=C/c2cccc(C)c2)nc(OCCCC(=O)NC(C)CC)c1. The average Bonchev–Trinajstić information content (AvgIpc) is 2.81. The standard InChI is InChI=1S/C27H41N5O2/c1-6-14-32(15-7-2)24-18-25(31-28-20-23-12-9-11-21(4)17-23)30-27(19-24)34-16-10-13-26(33)29-22(5)8-3/h9,11-12,17-20,22H,6-8,10,13-16H2,1-5H3,(H,29,33)(H,30,31)/b28-20+. The van der Waals surface area contributed by atoms with Gasteiger partial charge in [-0.05, 0) is 45.1 Å². The number of ether oxygens (including phenoxy) is 1. The number of benzene rings is 1. The van der Waals surface area contributed by atoms with Crippen LogP contribution in [0.25, 0.3) is 0 Å². The van der Waals surface area contributed by atoms with Gasteiger partial charge in [0.25, 0.3) is 0 Å². The van der Waals surface area contributed by atoms with Crippen molar-refractivity contribution in [1.82, 2.24) is 10.3 Å². The Morgan fingerprint density at radius 1 is 1.18 bits per heavy atom. The van der Waals surface area contributed by atoms with E-state index in [0.717, 1.165) is 43.6 Å². The number of hydrogen-bond acceptors (Lipinski definition) is 6. The maximum Gasteiger partial charge on any atom is 0.220 e. The molecule has 0 saturated heterocycles. The van der Waals surface area contributed by atoms with Gasteiger partial charge in [0.1, 0.15) is 0 Å². The molecule has 0 aliphatic rings. The molecule has 2 aromatic rings. The van der Waals surface area contributed by atoms with Crippen LogP contribution in [-0.2, 0) is 4.79 Å². The Morgan fingerprint density at radius 2 is 1.94 bits per heavy atom. The summed E-state index contributed by atoms with van der Waals surface area (Å²) in [5.74, 6) is 1.22. The van der Waals surface area contributed by atoms with E-state index in [1.165, 1.54) is 5.56 Å². The van der Waals surface area contributed by atoms with E-state index in [1.54, 1.807) is 6.21 Å². The third kappa shape index (κ3) is 9.81. The summed E-state index contributed by atoms with van der Waals surface area (Å²) in [6.45, 7) is 12.8. The topological polar surface area (TPSA) is 78.8 Å². The van der Waals surface area contributed by atoms with Gasteiger partial charge >= 0.3 is 0 Å². The lowest BCUT2D eigenvalue weighted by Gasteiger charge is -2.24. The zero-order valence-corrected chi connectivity index (χ0v) is 21.4. The number of hydrazone groups is 1. The number of hydrogen-bond donors (Lipinski definition) is 2. The zero-order chi connectivity index (χ0) is 24.8. The fraction of sp³-hybridized carbons (Fsp3) is 0.519. The number of rotatable bonds is 15. The third-order valence-electron chi connectivity index (χ3n) is 5.39. The molecule has 1 unspecified atom stereocenters. The number of pyridine rings is 1. The van der Waals surface area contributed by atoms with Crippen LogP contribution in [0.2, 0.25) is 0 Å². The first kappa shape index (κ1) is 27.2. The summed E-state index contributed by atoms with van der Waals surface area (Å²) >= 11 is 0. The Morgan fingerprint density at radius 3 is 2.62 bits per heavy atom. The zero-order valence-electron chi connectivity index (χ0n) is 21.4. The molecule has 1 aromatic carbocycles. The first-order valence-corrected chi connectivity index (χ1v) is 12.5. The molecule has 34 heavy (non-hydrogen) atoms. The molecule has 0 radical (unpaired) electrons. The lowest BCUT2D eigenvalue weighted by atomic mass is 10.2. The lowest BCUT2D eigenvalue weighted by Crippen LogP contribution is -2.31. The van der Waals surface area contributed by atoms with Crippen LogP contribution < -0.4 is 20.4 Å². The Kier molecular flexibility index (Phi) is 11.9. The summed E-state index contributed by atoms with van der Waals surface area (Å²) in [5, 5.41) is 7.36. The Bertz CT molecular complexity index is 910. The summed E-state index contributed by atoms with van der Waals surface area (Å²) in [7, 11) is 0. The van der Waals surface area contributed by atoms with Crippen molar-refractivity contribution in [2.75, 3.05) is 30.0 Å². The first-order chi connectivity index (χ1) is 16.4. The average molecular weight is 468 g/mol. The molecule has 2 rings (SSSR count).